The minimum absolute atomic E-state index is 0.0944. The van der Waals surface area contributed by atoms with Crippen LogP contribution in [0.15, 0.2) is 4.52 Å². The third kappa shape index (κ3) is 9.41. The molecule has 0 radical (unpaired) electrons. The number of aryl methyl sites for hydroxylation is 2. The number of nitrogens with one attached hydrogen (secondary N) is 3. The molecule has 3 N–H and O–H groups in total. The van der Waals surface area contributed by atoms with Crippen LogP contribution in [-0.4, -0.2) is 37.6 Å². The van der Waals surface area contributed by atoms with Gasteiger partial charge in [0.15, 0.2) is 10.9 Å². The minimum Gasteiger partial charge on any atom is -0.362 e. The van der Waals surface area contributed by atoms with Crippen LogP contribution >= 0.6 is 12.2 Å². The van der Waals surface area contributed by atoms with Crippen molar-refractivity contribution in [2.45, 2.75) is 71.6 Å². The van der Waals surface area contributed by atoms with Crippen molar-refractivity contribution in [2.75, 3.05) is 24.2 Å². The third-order valence-corrected chi connectivity index (χ3v) is 6.57. The van der Waals surface area contributed by atoms with Gasteiger partial charge >= 0.3 is 0 Å². The van der Waals surface area contributed by atoms with Gasteiger partial charge < -0.3 is 15.2 Å². The van der Waals surface area contributed by atoms with Crippen LogP contribution in [0, 0.1) is 19.8 Å². The normalized spacial score (nSPS) is 15.4. The summed E-state index contributed by atoms with van der Waals surface area (Å²) in [6.45, 7) is 4.89. The molecule has 2 rings (SSSR count). The Morgan fingerprint density at radius 3 is 2.59 bits per heavy atom. The first-order valence-electron chi connectivity index (χ1n) is 10.5. The average Bonchev–Trinajstić information content (AvgIpc) is 3.00. The standard InChI is InChI=1S/C19H34N4O4S2/c1-15-18(16(2)27-22-15)21-19(28)20-12-8-3-4-9-13-29(24,25)23-26-14-17-10-6-5-7-11-17/h17,23H,3-14H2,1-2H3,(H2,20,21,28). The molecule has 0 atom stereocenters. The largest absolute Gasteiger partial charge is 0.362 e. The lowest BCUT2D eigenvalue weighted by atomic mass is 9.90. The lowest BCUT2D eigenvalue weighted by molar-refractivity contribution is 0.0519. The zero-order valence-corrected chi connectivity index (χ0v) is 19.1. The smallest absolute Gasteiger partial charge is 0.233 e. The molecule has 1 heterocycles. The second kappa shape index (κ2) is 12.5. The van der Waals surface area contributed by atoms with E-state index in [4.69, 9.17) is 21.6 Å². The summed E-state index contributed by atoms with van der Waals surface area (Å²) < 4.78 is 29.0. The molecule has 0 aromatic carbocycles. The van der Waals surface area contributed by atoms with E-state index < -0.39 is 10.0 Å². The van der Waals surface area contributed by atoms with Gasteiger partial charge in [-0.2, -0.15) is 0 Å². The van der Waals surface area contributed by atoms with Crippen molar-refractivity contribution < 1.29 is 17.8 Å². The quantitative estimate of drug-likeness (QED) is 0.254. The molecule has 0 unspecified atom stereocenters. The molecular formula is C19H34N4O4S2. The Hall–Kier alpha value is -1.23. The van der Waals surface area contributed by atoms with Gasteiger partial charge in [-0.15, -0.1) is 0 Å². The van der Waals surface area contributed by atoms with Crippen LogP contribution < -0.4 is 15.5 Å². The summed E-state index contributed by atoms with van der Waals surface area (Å²) in [7, 11) is -3.36. The van der Waals surface area contributed by atoms with E-state index in [1.54, 1.807) is 0 Å². The number of nitrogens with zero attached hydrogens (tertiary/aromatic N) is 1. The van der Waals surface area contributed by atoms with E-state index in [1.807, 2.05) is 13.8 Å². The van der Waals surface area contributed by atoms with Crippen molar-refractivity contribution in [3.63, 3.8) is 0 Å². The number of rotatable bonds is 12. The fourth-order valence-electron chi connectivity index (χ4n) is 3.43. The van der Waals surface area contributed by atoms with E-state index >= 15 is 0 Å². The van der Waals surface area contributed by atoms with Gasteiger partial charge in [0.1, 0.15) is 11.4 Å². The SMILES string of the molecule is Cc1noc(C)c1NC(=S)NCCCCCCS(=O)(=O)NOCC1CCCCC1. The average molecular weight is 447 g/mol. The van der Waals surface area contributed by atoms with E-state index in [1.165, 1.54) is 19.3 Å². The Balaban J connectivity index is 1.47. The van der Waals surface area contributed by atoms with Gasteiger partial charge in [-0.1, -0.05) is 42.1 Å². The molecule has 0 amide bonds. The molecule has 1 fully saturated rings. The van der Waals surface area contributed by atoms with Crippen molar-refractivity contribution in [3.8, 4) is 0 Å². The Bertz CT molecular complexity index is 711. The monoisotopic (exact) mass is 446 g/mol. The summed E-state index contributed by atoms with van der Waals surface area (Å²) in [5.41, 5.74) is 1.56. The molecule has 29 heavy (non-hydrogen) atoms. The number of unbranched alkanes of at least 4 members (excludes halogenated alkanes) is 3. The van der Waals surface area contributed by atoms with Gasteiger partial charge in [-0.3, -0.25) is 4.84 Å². The maximum absolute atomic E-state index is 12.0. The predicted molar refractivity (Wildman–Crippen MR) is 118 cm³/mol. The molecule has 1 aliphatic carbocycles. The van der Waals surface area contributed by atoms with Gasteiger partial charge in [0.05, 0.1) is 12.4 Å². The first-order chi connectivity index (χ1) is 13.9. The zero-order valence-electron chi connectivity index (χ0n) is 17.5. The Morgan fingerprint density at radius 2 is 1.90 bits per heavy atom. The van der Waals surface area contributed by atoms with Crippen LogP contribution in [0.25, 0.3) is 0 Å². The molecule has 1 saturated carbocycles. The minimum atomic E-state index is -3.36. The summed E-state index contributed by atoms with van der Waals surface area (Å²) in [4.78, 5) is 7.51. The first-order valence-corrected chi connectivity index (χ1v) is 12.5. The highest BCUT2D eigenvalue weighted by atomic mass is 32.2. The van der Waals surface area contributed by atoms with Gasteiger partial charge in [0.25, 0.3) is 0 Å². The third-order valence-electron chi connectivity index (χ3n) is 5.13. The van der Waals surface area contributed by atoms with Crippen molar-refractivity contribution in [1.29, 1.82) is 0 Å². The Morgan fingerprint density at radius 1 is 1.17 bits per heavy atom. The Labute approximate surface area is 179 Å². The van der Waals surface area contributed by atoms with Crippen molar-refractivity contribution in [1.82, 2.24) is 15.4 Å². The van der Waals surface area contributed by atoms with Gasteiger partial charge in [0.2, 0.25) is 10.0 Å². The molecule has 0 aliphatic heterocycles. The first kappa shape index (κ1) is 24.0. The maximum Gasteiger partial charge on any atom is 0.233 e. The second-order valence-electron chi connectivity index (χ2n) is 7.71. The van der Waals surface area contributed by atoms with Crippen molar-refractivity contribution in [3.05, 3.63) is 11.5 Å². The number of hydrogen-bond donors (Lipinski definition) is 3. The number of aromatic nitrogens is 1. The highest BCUT2D eigenvalue weighted by Crippen LogP contribution is 2.23. The number of hydrogen-bond acceptors (Lipinski definition) is 6. The van der Waals surface area contributed by atoms with E-state index in [-0.39, 0.29) is 5.75 Å². The summed E-state index contributed by atoms with van der Waals surface area (Å²) in [5.74, 6) is 1.28. The summed E-state index contributed by atoms with van der Waals surface area (Å²) in [6.07, 6.45) is 9.28. The molecule has 1 aromatic heterocycles. The molecular weight excluding hydrogens is 412 g/mol. The molecule has 8 nitrogen and oxygen atoms in total. The Kier molecular flexibility index (Phi) is 10.3. The van der Waals surface area contributed by atoms with Crippen molar-refractivity contribution in [2.24, 2.45) is 5.92 Å². The topological polar surface area (TPSA) is 105 Å². The van der Waals surface area contributed by atoms with Gasteiger partial charge in [-0.05, 0) is 57.7 Å². The summed E-state index contributed by atoms with van der Waals surface area (Å²) >= 11 is 5.27. The predicted octanol–water partition coefficient (Wildman–Crippen LogP) is 3.57. The van der Waals surface area contributed by atoms with E-state index in [0.717, 1.165) is 50.0 Å². The molecule has 10 heteroatoms. The van der Waals surface area contributed by atoms with Crippen LogP contribution in [0.3, 0.4) is 0 Å². The van der Waals surface area contributed by atoms with Crippen LogP contribution in [-0.2, 0) is 14.9 Å². The van der Waals surface area contributed by atoms with Gasteiger partial charge in [0, 0.05) is 6.54 Å². The molecule has 166 valence electrons. The molecule has 0 saturated heterocycles. The number of sulfonamides is 1. The maximum atomic E-state index is 12.0. The van der Waals surface area contributed by atoms with Crippen LogP contribution in [0.1, 0.15) is 69.2 Å². The molecule has 0 bridgehead atoms. The lowest BCUT2D eigenvalue weighted by Crippen LogP contribution is -2.30. The number of thiocarbonyl (C=S) groups is 1. The molecule has 0 spiro atoms. The lowest BCUT2D eigenvalue weighted by Gasteiger charge is -2.21. The fraction of sp³-hybridized carbons (Fsp3) is 0.789. The zero-order chi connectivity index (χ0) is 21.1. The highest BCUT2D eigenvalue weighted by molar-refractivity contribution is 7.89. The summed E-state index contributed by atoms with van der Waals surface area (Å²) in [5, 5.41) is 10.6. The number of anilines is 1. The molecule has 1 aliphatic rings. The summed E-state index contributed by atoms with van der Waals surface area (Å²) in [6, 6.07) is 0. The highest BCUT2D eigenvalue weighted by Gasteiger charge is 2.16. The fourth-order valence-corrected chi connectivity index (χ4v) is 4.55. The van der Waals surface area contributed by atoms with E-state index in [2.05, 4.69) is 20.7 Å². The van der Waals surface area contributed by atoms with Gasteiger partial charge in [-0.25, -0.2) is 8.42 Å². The van der Waals surface area contributed by atoms with Crippen LogP contribution in [0.2, 0.25) is 0 Å². The van der Waals surface area contributed by atoms with Crippen molar-refractivity contribution >= 4 is 33.0 Å². The van der Waals surface area contributed by atoms with E-state index in [9.17, 15) is 8.42 Å². The van der Waals surface area contributed by atoms with Crippen LogP contribution in [0.5, 0.6) is 0 Å². The molecule has 1 aromatic rings. The van der Waals surface area contributed by atoms with Crippen LogP contribution in [0.4, 0.5) is 5.69 Å². The second-order valence-corrected chi connectivity index (χ2v) is 9.92. The van der Waals surface area contributed by atoms with E-state index in [0.29, 0.717) is 29.8 Å².